The first-order chi connectivity index (χ1) is 8.08. The van der Waals surface area contributed by atoms with Gasteiger partial charge in [-0.2, -0.15) is 0 Å². The third-order valence-electron chi connectivity index (χ3n) is 2.97. The number of carbonyl (C=O) groups excluding carboxylic acids is 1. The Hall–Kier alpha value is -1.51. The molecule has 0 aliphatic heterocycles. The van der Waals surface area contributed by atoms with E-state index in [-0.39, 0.29) is 5.91 Å². The highest BCUT2D eigenvalue weighted by molar-refractivity contribution is 5.94. The lowest BCUT2D eigenvalue weighted by molar-refractivity contribution is 0.0722. The van der Waals surface area contributed by atoms with Gasteiger partial charge in [0.05, 0.1) is 0 Å². The van der Waals surface area contributed by atoms with Crippen molar-refractivity contribution in [1.82, 2.24) is 4.90 Å². The third-order valence-corrected chi connectivity index (χ3v) is 2.97. The van der Waals surface area contributed by atoms with Crippen LogP contribution in [-0.2, 0) is 0 Å². The maximum atomic E-state index is 12.4. The van der Waals surface area contributed by atoms with Crippen LogP contribution in [0.5, 0.6) is 0 Å². The molecule has 0 bridgehead atoms. The molecule has 1 aromatic rings. The van der Waals surface area contributed by atoms with Gasteiger partial charge >= 0.3 is 0 Å². The van der Waals surface area contributed by atoms with Crippen molar-refractivity contribution in [3.8, 4) is 0 Å². The molecule has 17 heavy (non-hydrogen) atoms. The molecule has 1 aromatic carbocycles. The monoisotopic (exact) mass is 232 g/mol. The average molecular weight is 232 g/mol. The van der Waals surface area contributed by atoms with Crippen molar-refractivity contribution in [3.05, 3.63) is 29.8 Å². The largest absolute Gasteiger partial charge is 0.399 e. The Labute approximate surface area is 103 Å². The van der Waals surface area contributed by atoms with Gasteiger partial charge in [-0.25, -0.2) is 0 Å². The summed E-state index contributed by atoms with van der Waals surface area (Å²) in [6.45, 7) is 5.13. The molecule has 1 aliphatic carbocycles. The fraction of sp³-hybridized carbons (Fsp3) is 0.500. The molecule has 0 aromatic heterocycles. The number of anilines is 1. The molecule has 0 heterocycles. The minimum absolute atomic E-state index is 0.140. The van der Waals surface area contributed by atoms with Crippen LogP contribution in [0.15, 0.2) is 24.3 Å². The van der Waals surface area contributed by atoms with Crippen LogP contribution >= 0.6 is 0 Å². The van der Waals surface area contributed by atoms with E-state index in [0.717, 1.165) is 24.9 Å². The second-order valence-electron chi connectivity index (χ2n) is 5.20. The van der Waals surface area contributed by atoms with Crippen LogP contribution in [0.2, 0.25) is 0 Å². The van der Waals surface area contributed by atoms with Crippen molar-refractivity contribution in [2.45, 2.75) is 32.7 Å². The fourth-order valence-corrected chi connectivity index (χ4v) is 1.97. The standard InChI is InChI=1S/C14H20N2O/c1-10(2)9-16(13-7-8-13)14(17)11-3-5-12(15)6-4-11/h3-6,10,13H,7-9,15H2,1-2H3. The van der Waals surface area contributed by atoms with Crippen LogP contribution in [0.1, 0.15) is 37.0 Å². The molecule has 0 atom stereocenters. The quantitative estimate of drug-likeness (QED) is 0.811. The Bertz CT molecular complexity index is 393. The maximum Gasteiger partial charge on any atom is 0.254 e. The molecule has 1 fully saturated rings. The van der Waals surface area contributed by atoms with Gasteiger partial charge < -0.3 is 10.6 Å². The predicted molar refractivity (Wildman–Crippen MR) is 69.8 cm³/mol. The van der Waals surface area contributed by atoms with Crippen LogP contribution in [0, 0.1) is 5.92 Å². The van der Waals surface area contributed by atoms with Gasteiger partial charge in [-0.1, -0.05) is 13.8 Å². The van der Waals surface area contributed by atoms with Gasteiger partial charge in [-0.3, -0.25) is 4.79 Å². The lowest BCUT2D eigenvalue weighted by Gasteiger charge is -2.24. The number of carbonyl (C=O) groups is 1. The zero-order chi connectivity index (χ0) is 12.4. The first kappa shape index (κ1) is 12.0. The fourth-order valence-electron chi connectivity index (χ4n) is 1.97. The lowest BCUT2D eigenvalue weighted by Crippen LogP contribution is -2.36. The second kappa shape index (κ2) is 4.78. The summed E-state index contributed by atoms with van der Waals surface area (Å²) in [7, 11) is 0. The molecule has 0 saturated heterocycles. The van der Waals surface area contributed by atoms with Crippen molar-refractivity contribution < 1.29 is 4.79 Å². The summed E-state index contributed by atoms with van der Waals surface area (Å²) in [4.78, 5) is 14.4. The van der Waals surface area contributed by atoms with E-state index in [1.165, 1.54) is 0 Å². The van der Waals surface area contributed by atoms with Gasteiger partial charge in [0.2, 0.25) is 0 Å². The van der Waals surface area contributed by atoms with E-state index in [0.29, 0.717) is 17.6 Å². The van der Waals surface area contributed by atoms with E-state index >= 15 is 0 Å². The van der Waals surface area contributed by atoms with Gasteiger partial charge in [0.15, 0.2) is 0 Å². The first-order valence-electron chi connectivity index (χ1n) is 6.24. The average Bonchev–Trinajstić information content (AvgIpc) is 3.09. The number of benzene rings is 1. The lowest BCUT2D eigenvalue weighted by atomic mass is 10.1. The number of nitrogens with zero attached hydrogens (tertiary/aromatic N) is 1. The topological polar surface area (TPSA) is 46.3 Å². The van der Waals surface area contributed by atoms with E-state index in [1.54, 1.807) is 12.1 Å². The van der Waals surface area contributed by atoms with Gasteiger partial charge in [0.25, 0.3) is 5.91 Å². The summed E-state index contributed by atoms with van der Waals surface area (Å²) in [5.41, 5.74) is 7.07. The Balaban J connectivity index is 2.12. The summed E-state index contributed by atoms with van der Waals surface area (Å²) in [6, 6.07) is 7.66. The van der Waals surface area contributed by atoms with E-state index in [2.05, 4.69) is 13.8 Å². The van der Waals surface area contributed by atoms with E-state index in [1.807, 2.05) is 17.0 Å². The molecule has 0 unspecified atom stereocenters. The molecule has 92 valence electrons. The van der Waals surface area contributed by atoms with Crippen molar-refractivity contribution >= 4 is 11.6 Å². The molecule has 1 amide bonds. The zero-order valence-corrected chi connectivity index (χ0v) is 10.5. The molecule has 2 rings (SSSR count). The molecule has 0 radical (unpaired) electrons. The van der Waals surface area contributed by atoms with Gasteiger partial charge in [-0.05, 0) is 43.0 Å². The summed E-state index contributed by atoms with van der Waals surface area (Å²) in [6.07, 6.45) is 2.29. The van der Waals surface area contributed by atoms with Crippen LogP contribution in [-0.4, -0.2) is 23.4 Å². The van der Waals surface area contributed by atoms with Gasteiger partial charge in [0.1, 0.15) is 0 Å². The smallest absolute Gasteiger partial charge is 0.254 e. The molecule has 1 aliphatic rings. The minimum atomic E-state index is 0.140. The Kier molecular flexibility index (Phi) is 3.36. The first-order valence-corrected chi connectivity index (χ1v) is 6.24. The highest BCUT2D eigenvalue weighted by atomic mass is 16.2. The second-order valence-corrected chi connectivity index (χ2v) is 5.20. The molecule has 3 heteroatoms. The molecule has 1 saturated carbocycles. The van der Waals surface area contributed by atoms with Crippen LogP contribution in [0.3, 0.4) is 0 Å². The van der Waals surface area contributed by atoms with E-state index < -0.39 is 0 Å². The number of hydrogen-bond acceptors (Lipinski definition) is 2. The highest BCUT2D eigenvalue weighted by Gasteiger charge is 2.33. The molecular formula is C14H20N2O. The summed E-state index contributed by atoms with van der Waals surface area (Å²) < 4.78 is 0. The summed E-state index contributed by atoms with van der Waals surface area (Å²) in [5, 5.41) is 0. The van der Waals surface area contributed by atoms with Crippen molar-refractivity contribution in [3.63, 3.8) is 0 Å². The molecular weight excluding hydrogens is 212 g/mol. The van der Waals surface area contributed by atoms with Crippen molar-refractivity contribution in [2.75, 3.05) is 12.3 Å². The molecule has 2 N–H and O–H groups in total. The minimum Gasteiger partial charge on any atom is -0.399 e. The summed E-state index contributed by atoms with van der Waals surface area (Å²) in [5.74, 6) is 0.648. The van der Waals surface area contributed by atoms with Gasteiger partial charge in [0, 0.05) is 23.8 Å². The number of hydrogen-bond donors (Lipinski definition) is 1. The predicted octanol–water partition coefficient (Wildman–Crippen LogP) is 2.53. The third kappa shape index (κ3) is 2.99. The number of nitrogen functional groups attached to an aromatic ring is 1. The normalized spacial score (nSPS) is 15.0. The van der Waals surface area contributed by atoms with Crippen LogP contribution < -0.4 is 5.73 Å². The van der Waals surface area contributed by atoms with E-state index in [9.17, 15) is 4.79 Å². The molecule has 0 spiro atoms. The van der Waals surface area contributed by atoms with Crippen LogP contribution in [0.4, 0.5) is 5.69 Å². The maximum absolute atomic E-state index is 12.4. The Morgan fingerprint density at radius 3 is 2.41 bits per heavy atom. The Morgan fingerprint density at radius 2 is 1.94 bits per heavy atom. The number of nitrogens with two attached hydrogens (primary N) is 1. The van der Waals surface area contributed by atoms with Crippen molar-refractivity contribution in [1.29, 1.82) is 0 Å². The highest BCUT2D eigenvalue weighted by Crippen LogP contribution is 2.29. The number of amides is 1. The van der Waals surface area contributed by atoms with E-state index in [4.69, 9.17) is 5.73 Å². The van der Waals surface area contributed by atoms with Crippen LogP contribution in [0.25, 0.3) is 0 Å². The van der Waals surface area contributed by atoms with Gasteiger partial charge in [-0.15, -0.1) is 0 Å². The Morgan fingerprint density at radius 1 is 1.35 bits per heavy atom. The SMILES string of the molecule is CC(C)CN(C(=O)c1ccc(N)cc1)C1CC1. The number of rotatable bonds is 4. The van der Waals surface area contributed by atoms with Crippen molar-refractivity contribution in [2.24, 2.45) is 5.92 Å². The zero-order valence-electron chi connectivity index (χ0n) is 10.5. The molecule has 3 nitrogen and oxygen atoms in total. The summed E-state index contributed by atoms with van der Waals surface area (Å²) >= 11 is 0.